The van der Waals surface area contributed by atoms with Gasteiger partial charge in [-0.3, -0.25) is 14.3 Å². The summed E-state index contributed by atoms with van der Waals surface area (Å²) in [7, 11) is 1.69. The summed E-state index contributed by atoms with van der Waals surface area (Å²) < 4.78 is 1.50. The third-order valence-electron chi connectivity index (χ3n) is 2.86. The standard InChI is InChI=1S/C10H13N3O3/c1-12-8(2-4-11-12)9(14)13-5-3-7(6-13)10(15)16/h2,4,7H,3,5-6H2,1H3,(H,15,16)/t7-/m1/s1. The summed E-state index contributed by atoms with van der Waals surface area (Å²) >= 11 is 0. The van der Waals surface area contributed by atoms with E-state index in [1.54, 1.807) is 24.2 Å². The van der Waals surface area contributed by atoms with Crippen molar-refractivity contribution in [3.05, 3.63) is 18.0 Å². The van der Waals surface area contributed by atoms with E-state index in [9.17, 15) is 9.59 Å². The number of aryl methyl sites for hydroxylation is 1. The van der Waals surface area contributed by atoms with E-state index < -0.39 is 11.9 Å². The number of hydrogen-bond acceptors (Lipinski definition) is 3. The molecular formula is C10H13N3O3. The summed E-state index contributed by atoms with van der Waals surface area (Å²) in [5.74, 6) is -1.42. The van der Waals surface area contributed by atoms with Gasteiger partial charge in [-0.05, 0) is 12.5 Å². The van der Waals surface area contributed by atoms with Crippen molar-refractivity contribution in [2.45, 2.75) is 6.42 Å². The highest BCUT2D eigenvalue weighted by Crippen LogP contribution is 2.18. The Kier molecular flexibility index (Phi) is 2.64. The number of likely N-dealkylation sites (tertiary alicyclic amines) is 1. The lowest BCUT2D eigenvalue weighted by molar-refractivity contribution is -0.141. The molecule has 0 spiro atoms. The summed E-state index contributed by atoms with van der Waals surface area (Å²) in [6.07, 6.45) is 2.08. The fourth-order valence-corrected chi connectivity index (χ4v) is 1.89. The van der Waals surface area contributed by atoms with Gasteiger partial charge < -0.3 is 10.0 Å². The van der Waals surface area contributed by atoms with Crippen molar-refractivity contribution in [2.24, 2.45) is 13.0 Å². The van der Waals surface area contributed by atoms with Crippen LogP contribution in [0.2, 0.25) is 0 Å². The number of carbonyl (C=O) groups is 2. The molecular weight excluding hydrogens is 210 g/mol. The van der Waals surface area contributed by atoms with Crippen LogP contribution in [0.25, 0.3) is 0 Å². The lowest BCUT2D eigenvalue weighted by atomic mass is 10.1. The first-order chi connectivity index (χ1) is 7.59. The quantitative estimate of drug-likeness (QED) is 0.763. The van der Waals surface area contributed by atoms with Gasteiger partial charge in [0, 0.05) is 26.3 Å². The van der Waals surface area contributed by atoms with Gasteiger partial charge in [-0.25, -0.2) is 0 Å². The third kappa shape index (κ3) is 1.78. The topological polar surface area (TPSA) is 75.4 Å². The zero-order valence-electron chi connectivity index (χ0n) is 8.96. The number of amides is 1. The largest absolute Gasteiger partial charge is 0.481 e. The highest BCUT2D eigenvalue weighted by Gasteiger charge is 2.32. The minimum absolute atomic E-state index is 0.149. The average Bonchev–Trinajstić information content (AvgIpc) is 2.84. The molecule has 0 aromatic carbocycles. The molecule has 1 aromatic heterocycles. The van der Waals surface area contributed by atoms with Crippen molar-refractivity contribution in [3.8, 4) is 0 Å². The highest BCUT2D eigenvalue weighted by molar-refractivity contribution is 5.93. The van der Waals surface area contributed by atoms with Gasteiger partial charge >= 0.3 is 5.97 Å². The number of nitrogens with zero attached hydrogens (tertiary/aromatic N) is 3. The SMILES string of the molecule is Cn1nccc1C(=O)N1CC[C@@H](C(=O)O)C1. The van der Waals surface area contributed by atoms with Gasteiger partial charge in [-0.2, -0.15) is 5.10 Å². The predicted octanol–water partition coefficient (Wildman–Crippen LogP) is -0.0332. The second kappa shape index (κ2) is 3.96. The summed E-state index contributed by atoms with van der Waals surface area (Å²) in [6, 6.07) is 1.64. The van der Waals surface area contributed by atoms with Crippen LogP contribution in [0.4, 0.5) is 0 Å². The number of rotatable bonds is 2. The third-order valence-corrected chi connectivity index (χ3v) is 2.86. The molecule has 6 heteroatoms. The van der Waals surface area contributed by atoms with Gasteiger partial charge in [0.05, 0.1) is 5.92 Å². The van der Waals surface area contributed by atoms with E-state index in [0.29, 0.717) is 25.2 Å². The average molecular weight is 223 g/mol. The second-order valence-corrected chi connectivity index (χ2v) is 3.92. The molecule has 0 aliphatic carbocycles. The van der Waals surface area contributed by atoms with Crippen molar-refractivity contribution in [2.75, 3.05) is 13.1 Å². The molecule has 1 aliphatic heterocycles. The smallest absolute Gasteiger partial charge is 0.308 e. The van der Waals surface area contributed by atoms with Crippen molar-refractivity contribution < 1.29 is 14.7 Å². The molecule has 1 amide bonds. The molecule has 1 atom stereocenters. The summed E-state index contributed by atoms with van der Waals surface area (Å²) in [4.78, 5) is 24.3. The number of carboxylic acids is 1. The molecule has 0 radical (unpaired) electrons. The van der Waals surface area contributed by atoms with E-state index in [0.717, 1.165) is 0 Å². The van der Waals surface area contributed by atoms with Crippen LogP contribution in [-0.2, 0) is 11.8 Å². The van der Waals surface area contributed by atoms with E-state index in [1.165, 1.54) is 4.68 Å². The molecule has 6 nitrogen and oxygen atoms in total. The maximum absolute atomic E-state index is 12.0. The maximum atomic E-state index is 12.0. The number of hydrogen-bond donors (Lipinski definition) is 1. The second-order valence-electron chi connectivity index (χ2n) is 3.92. The van der Waals surface area contributed by atoms with Crippen LogP contribution in [0, 0.1) is 5.92 Å². The van der Waals surface area contributed by atoms with E-state index in [-0.39, 0.29) is 5.91 Å². The van der Waals surface area contributed by atoms with Crippen LogP contribution in [0.3, 0.4) is 0 Å². The number of aliphatic carboxylic acids is 1. The van der Waals surface area contributed by atoms with Gasteiger partial charge in [0.1, 0.15) is 5.69 Å². The lowest BCUT2D eigenvalue weighted by Crippen LogP contribution is -2.31. The first-order valence-electron chi connectivity index (χ1n) is 5.09. The van der Waals surface area contributed by atoms with Crippen LogP contribution in [-0.4, -0.2) is 44.8 Å². The Balaban J connectivity index is 2.08. The van der Waals surface area contributed by atoms with Gasteiger partial charge in [0.25, 0.3) is 5.91 Å². The number of aromatic nitrogens is 2. The summed E-state index contributed by atoms with van der Waals surface area (Å²) in [6.45, 7) is 0.792. The molecule has 0 unspecified atom stereocenters. The molecule has 1 fully saturated rings. The fourth-order valence-electron chi connectivity index (χ4n) is 1.89. The molecule has 2 rings (SSSR count). The van der Waals surface area contributed by atoms with Crippen LogP contribution in [0.1, 0.15) is 16.9 Å². The van der Waals surface area contributed by atoms with Crippen LogP contribution in [0.15, 0.2) is 12.3 Å². The summed E-state index contributed by atoms with van der Waals surface area (Å²) in [5, 5.41) is 12.8. The predicted molar refractivity (Wildman–Crippen MR) is 54.9 cm³/mol. The molecule has 0 saturated carbocycles. The van der Waals surface area contributed by atoms with Crippen LogP contribution >= 0.6 is 0 Å². The zero-order chi connectivity index (χ0) is 11.7. The van der Waals surface area contributed by atoms with Crippen molar-refractivity contribution in [1.82, 2.24) is 14.7 Å². The van der Waals surface area contributed by atoms with Gasteiger partial charge in [-0.1, -0.05) is 0 Å². The number of carbonyl (C=O) groups excluding carboxylic acids is 1. The van der Waals surface area contributed by atoms with Crippen LogP contribution in [0.5, 0.6) is 0 Å². The Labute approximate surface area is 92.5 Å². The van der Waals surface area contributed by atoms with Crippen molar-refractivity contribution in [3.63, 3.8) is 0 Å². The van der Waals surface area contributed by atoms with Gasteiger partial charge in [-0.15, -0.1) is 0 Å². The van der Waals surface area contributed by atoms with Gasteiger partial charge in [0.15, 0.2) is 0 Å². The van der Waals surface area contributed by atoms with E-state index in [4.69, 9.17) is 5.11 Å². The van der Waals surface area contributed by atoms with Crippen LogP contribution < -0.4 is 0 Å². The Hall–Kier alpha value is -1.85. The fraction of sp³-hybridized carbons (Fsp3) is 0.500. The van der Waals surface area contributed by atoms with E-state index in [1.807, 2.05) is 0 Å². The van der Waals surface area contributed by atoms with Gasteiger partial charge in [0.2, 0.25) is 0 Å². The minimum Gasteiger partial charge on any atom is -0.481 e. The first kappa shape index (κ1) is 10.7. The Bertz CT molecular complexity index is 427. The zero-order valence-corrected chi connectivity index (χ0v) is 8.96. The molecule has 1 N–H and O–H groups in total. The lowest BCUT2D eigenvalue weighted by Gasteiger charge is -2.15. The minimum atomic E-state index is -0.833. The molecule has 0 bridgehead atoms. The van der Waals surface area contributed by atoms with E-state index in [2.05, 4.69) is 5.10 Å². The molecule has 1 aliphatic rings. The van der Waals surface area contributed by atoms with Crippen molar-refractivity contribution in [1.29, 1.82) is 0 Å². The molecule has 1 saturated heterocycles. The molecule has 2 heterocycles. The number of carboxylic acid groups (broad SMARTS) is 1. The molecule has 1 aromatic rings. The normalized spacial score (nSPS) is 20.1. The highest BCUT2D eigenvalue weighted by atomic mass is 16.4. The van der Waals surface area contributed by atoms with Crippen molar-refractivity contribution >= 4 is 11.9 Å². The maximum Gasteiger partial charge on any atom is 0.308 e. The van der Waals surface area contributed by atoms with E-state index >= 15 is 0 Å². The Morgan fingerprint density at radius 1 is 1.56 bits per heavy atom. The Morgan fingerprint density at radius 3 is 2.81 bits per heavy atom. The molecule has 16 heavy (non-hydrogen) atoms. The molecule has 86 valence electrons. The Morgan fingerprint density at radius 2 is 2.31 bits per heavy atom. The summed E-state index contributed by atoms with van der Waals surface area (Å²) in [5.41, 5.74) is 0.492. The monoisotopic (exact) mass is 223 g/mol. The first-order valence-corrected chi connectivity index (χ1v) is 5.09.